The number of aromatic nitrogens is 1. The third-order valence-corrected chi connectivity index (χ3v) is 7.69. The maximum atomic E-state index is 13.2. The average Bonchev–Trinajstić information content (AvgIpc) is 3.39. The molecule has 0 radical (unpaired) electrons. The molecule has 1 aliphatic rings. The second-order valence-electron chi connectivity index (χ2n) is 7.94. The summed E-state index contributed by atoms with van der Waals surface area (Å²) in [6.07, 6.45) is -4.62. The van der Waals surface area contributed by atoms with Crippen molar-refractivity contribution in [1.29, 1.82) is 0 Å². The first kappa shape index (κ1) is 25.4. The van der Waals surface area contributed by atoms with Gasteiger partial charge >= 0.3 is 6.18 Å². The topological polar surface area (TPSA) is 123 Å². The molecule has 0 bridgehead atoms. The number of alkyl halides is 3. The van der Waals surface area contributed by atoms with Gasteiger partial charge in [0.25, 0.3) is 17.5 Å². The van der Waals surface area contributed by atoms with Gasteiger partial charge < -0.3 is 5.32 Å². The number of thiazole rings is 1. The lowest BCUT2D eigenvalue weighted by atomic mass is 10.1. The standard InChI is InChI=1S/C24H13F3N4O5S2/c25-24(26,27)16-3-1-2-4-17(16)28-20(32)11-37-23-29-18-8-6-12(10-19(18)38-23)30-21(33)14-7-5-13(31(35)36)9-15(14)22(30)34/h1-10H,11H2,(H,28,32). The summed E-state index contributed by atoms with van der Waals surface area (Å²) in [7, 11) is 0. The molecule has 14 heteroatoms. The fraction of sp³-hybridized carbons (Fsp3) is 0.0833. The van der Waals surface area contributed by atoms with Gasteiger partial charge in [0.2, 0.25) is 5.91 Å². The van der Waals surface area contributed by atoms with Crippen LogP contribution in [0.15, 0.2) is 65.0 Å². The van der Waals surface area contributed by atoms with Gasteiger partial charge in [0.15, 0.2) is 4.34 Å². The predicted molar refractivity (Wildman–Crippen MR) is 135 cm³/mol. The van der Waals surface area contributed by atoms with Crippen LogP contribution in [-0.2, 0) is 11.0 Å². The van der Waals surface area contributed by atoms with Gasteiger partial charge in [0.05, 0.1) is 49.0 Å². The normalized spacial score (nSPS) is 13.2. The van der Waals surface area contributed by atoms with E-state index in [4.69, 9.17) is 0 Å². The minimum Gasteiger partial charge on any atom is -0.325 e. The number of halogens is 3. The Kier molecular flexibility index (Phi) is 6.36. The van der Waals surface area contributed by atoms with E-state index in [0.29, 0.717) is 14.6 Å². The number of carbonyl (C=O) groups excluding carboxylic acids is 3. The van der Waals surface area contributed by atoms with Crippen LogP contribution in [0.5, 0.6) is 0 Å². The van der Waals surface area contributed by atoms with Gasteiger partial charge in [-0.05, 0) is 36.4 Å². The molecule has 4 aromatic rings. The maximum Gasteiger partial charge on any atom is 0.418 e. The number of benzene rings is 3. The average molecular weight is 559 g/mol. The Labute approximate surface area is 219 Å². The number of imide groups is 1. The fourth-order valence-corrected chi connectivity index (χ4v) is 5.72. The van der Waals surface area contributed by atoms with Crippen molar-refractivity contribution >= 4 is 68.1 Å². The molecule has 0 saturated carbocycles. The summed E-state index contributed by atoms with van der Waals surface area (Å²) in [6, 6.07) is 12.8. The number of rotatable bonds is 6. The predicted octanol–water partition coefficient (Wildman–Crippen LogP) is 5.75. The Morgan fingerprint density at radius 3 is 2.53 bits per heavy atom. The molecule has 0 fully saturated rings. The van der Waals surface area contributed by atoms with Crippen LogP contribution in [0.3, 0.4) is 0 Å². The number of thioether (sulfide) groups is 1. The first-order valence-electron chi connectivity index (χ1n) is 10.7. The first-order valence-corrected chi connectivity index (χ1v) is 12.5. The summed E-state index contributed by atoms with van der Waals surface area (Å²) < 4.78 is 40.5. The SMILES string of the molecule is O=C(CSc1nc2ccc(N3C(=O)c4ccc([N+](=O)[O-])cc4C3=O)cc2s1)Nc1ccccc1C(F)(F)F. The molecule has 3 aromatic carbocycles. The minimum absolute atomic E-state index is 0.0550. The number of non-ortho nitro benzene ring substituents is 1. The second-order valence-corrected chi connectivity index (χ2v) is 10.2. The third-order valence-electron chi connectivity index (χ3n) is 5.52. The third kappa shape index (κ3) is 4.70. The molecule has 0 spiro atoms. The van der Waals surface area contributed by atoms with E-state index in [0.717, 1.165) is 34.9 Å². The number of fused-ring (bicyclic) bond motifs is 2. The zero-order valence-electron chi connectivity index (χ0n) is 18.8. The Morgan fingerprint density at radius 1 is 1.05 bits per heavy atom. The highest BCUT2D eigenvalue weighted by molar-refractivity contribution is 8.01. The number of nitro benzene ring substituents is 1. The number of amides is 3. The first-order chi connectivity index (χ1) is 18.0. The number of anilines is 2. The molecular weight excluding hydrogens is 545 g/mol. The van der Waals surface area contributed by atoms with Crippen molar-refractivity contribution in [3.8, 4) is 0 Å². The lowest BCUT2D eigenvalue weighted by molar-refractivity contribution is -0.384. The molecule has 192 valence electrons. The molecule has 38 heavy (non-hydrogen) atoms. The van der Waals surface area contributed by atoms with Gasteiger partial charge in [-0.3, -0.25) is 24.5 Å². The smallest absolute Gasteiger partial charge is 0.325 e. The summed E-state index contributed by atoms with van der Waals surface area (Å²) in [6.45, 7) is 0. The Bertz CT molecular complexity index is 1650. The van der Waals surface area contributed by atoms with Crippen LogP contribution in [0.2, 0.25) is 0 Å². The highest BCUT2D eigenvalue weighted by Crippen LogP contribution is 2.37. The lowest BCUT2D eigenvalue weighted by Crippen LogP contribution is -2.29. The highest BCUT2D eigenvalue weighted by atomic mass is 32.2. The van der Waals surface area contributed by atoms with E-state index in [1.807, 2.05) is 0 Å². The van der Waals surface area contributed by atoms with Gasteiger partial charge in [0, 0.05) is 12.1 Å². The number of nitrogens with zero attached hydrogens (tertiary/aromatic N) is 3. The molecule has 3 amide bonds. The van der Waals surface area contributed by atoms with E-state index in [1.165, 1.54) is 41.7 Å². The van der Waals surface area contributed by atoms with Crippen LogP contribution in [0.4, 0.5) is 30.2 Å². The lowest BCUT2D eigenvalue weighted by Gasteiger charge is -2.13. The molecule has 1 N–H and O–H groups in total. The molecule has 9 nitrogen and oxygen atoms in total. The van der Waals surface area contributed by atoms with Crippen LogP contribution in [0.25, 0.3) is 10.2 Å². The van der Waals surface area contributed by atoms with Crippen molar-refractivity contribution in [3.05, 3.63) is 87.5 Å². The fourth-order valence-electron chi connectivity index (χ4n) is 3.82. The van der Waals surface area contributed by atoms with Crippen molar-refractivity contribution in [2.75, 3.05) is 16.0 Å². The molecule has 0 aliphatic carbocycles. The van der Waals surface area contributed by atoms with E-state index < -0.39 is 34.4 Å². The van der Waals surface area contributed by atoms with Crippen LogP contribution >= 0.6 is 23.1 Å². The van der Waals surface area contributed by atoms with E-state index in [-0.39, 0.29) is 33.9 Å². The summed E-state index contributed by atoms with van der Waals surface area (Å²) >= 11 is 2.19. The molecule has 0 atom stereocenters. The monoisotopic (exact) mass is 558 g/mol. The minimum atomic E-state index is -4.62. The molecular formula is C24H13F3N4O5S2. The highest BCUT2D eigenvalue weighted by Gasteiger charge is 2.38. The van der Waals surface area contributed by atoms with Gasteiger partial charge in [-0.1, -0.05) is 23.9 Å². The zero-order chi connectivity index (χ0) is 27.2. The molecule has 1 aliphatic heterocycles. The molecule has 0 saturated heterocycles. The van der Waals surface area contributed by atoms with Gasteiger partial charge in [-0.25, -0.2) is 9.88 Å². The van der Waals surface area contributed by atoms with Crippen molar-refractivity contribution in [2.24, 2.45) is 0 Å². The summed E-state index contributed by atoms with van der Waals surface area (Å²) in [5.74, 6) is -2.15. The van der Waals surface area contributed by atoms with E-state index in [1.54, 1.807) is 12.1 Å². The largest absolute Gasteiger partial charge is 0.418 e. The summed E-state index contributed by atoms with van der Waals surface area (Å²) in [5.41, 5.74) is -0.844. The maximum absolute atomic E-state index is 13.2. The van der Waals surface area contributed by atoms with Crippen molar-refractivity contribution in [3.63, 3.8) is 0 Å². The Balaban J connectivity index is 1.31. The zero-order valence-corrected chi connectivity index (χ0v) is 20.4. The van der Waals surface area contributed by atoms with Crippen molar-refractivity contribution in [1.82, 2.24) is 4.98 Å². The number of hydrogen-bond acceptors (Lipinski definition) is 8. The molecule has 1 aromatic heterocycles. The molecule has 2 heterocycles. The van der Waals surface area contributed by atoms with E-state index in [9.17, 15) is 37.7 Å². The van der Waals surface area contributed by atoms with Crippen LogP contribution in [0, 0.1) is 10.1 Å². The van der Waals surface area contributed by atoms with E-state index >= 15 is 0 Å². The van der Waals surface area contributed by atoms with Crippen LogP contribution < -0.4 is 10.2 Å². The Morgan fingerprint density at radius 2 is 1.79 bits per heavy atom. The van der Waals surface area contributed by atoms with Gasteiger partial charge in [-0.15, -0.1) is 11.3 Å². The van der Waals surface area contributed by atoms with Gasteiger partial charge in [-0.2, -0.15) is 13.2 Å². The number of para-hydroxylation sites is 1. The number of nitro groups is 1. The van der Waals surface area contributed by atoms with Crippen LogP contribution in [-0.4, -0.2) is 33.4 Å². The van der Waals surface area contributed by atoms with Gasteiger partial charge in [0.1, 0.15) is 0 Å². The molecule has 0 unspecified atom stereocenters. The number of carbonyl (C=O) groups is 3. The number of hydrogen-bond donors (Lipinski definition) is 1. The van der Waals surface area contributed by atoms with Crippen molar-refractivity contribution in [2.45, 2.75) is 10.5 Å². The Hall–Kier alpha value is -4.30. The quantitative estimate of drug-likeness (QED) is 0.138. The molecule has 5 rings (SSSR count). The summed E-state index contributed by atoms with van der Waals surface area (Å²) in [5, 5.41) is 13.3. The van der Waals surface area contributed by atoms with Crippen LogP contribution in [0.1, 0.15) is 26.3 Å². The summed E-state index contributed by atoms with van der Waals surface area (Å²) in [4.78, 5) is 53.7. The number of nitrogens with one attached hydrogen (secondary N) is 1. The second kappa shape index (κ2) is 9.54. The van der Waals surface area contributed by atoms with E-state index in [2.05, 4.69) is 10.3 Å². The van der Waals surface area contributed by atoms with Crippen molar-refractivity contribution < 1.29 is 32.5 Å².